The molecule has 7 nitrogen and oxygen atoms in total. The standard InChI is InChI=1S/C21H36N6OS/c1-28-16-10-11-22-21(29)25-20-23-18(26-12-6-2-3-7-13-26)17-19(24-20)27-14-8-4-5-9-15-27/h17H,2-16H2,1H3,(H2,22,23,24,25,29). The Bertz CT molecular complexity index is 589. The maximum absolute atomic E-state index is 5.46. The lowest BCUT2D eigenvalue weighted by Crippen LogP contribution is -2.32. The van der Waals surface area contributed by atoms with Crippen LogP contribution in [0.3, 0.4) is 0 Å². The second-order valence-corrected chi connectivity index (χ2v) is 8.35. The van der Waals surface area contributed by atoms with Crippen molar-refractivity contribution in [1.29, 1.82) is 0 Å². The summed E-state index contributed by atoms with van der Waals surface area (Å²) >= 11 is 5.46. The first-order chi connectivity index (χ1) is 14.3. The second kappa shape index (κ2) is 12.1. The van der Waals surface area contributed by atoms with E-state index in [9.17, 15) is 0 Å². The molecule has 0 unspecified atom stereocenters. The van der Waals surface area contributed by atoms with Crippen molar-refractivity contribution in [3.05, 3.63) is 6.07 Å². The molecular formula is C21H36N6OS. The molecule has 162 valence electrons. The second-order valence-electron chi connectivity index (χ2n) is 7.94. The summed E-state index contributed by atoms with van der Waals surface area (Å²) in [6.07, 6.45) is 11.0. The Balaban J connectivity index is 1.75. The smallest absolute Gasteiger partial charge is 0.232 e. The van der Waals surface area contributed by atoms with Gasteiger partial charge in [0.2, 0.25) is 5.95 Å². The summed E-state index contributed by atoms with van der Waals surface area (Å²) in [7, 11) is 1.71. The van der Waals surface area contributed by atoms with E-state index in [0.29, 0.717) is 11.1 Å². The zero-order valence-corrected chi connectivity index (χ0v) is 18.6. The Kier molecular flexibility index (Phi) is 9.21. The fourth-order valence-electron chi connectivity index (χ4n) is 3.97. The minimum atomic E-state index is 0.566. The van der Waals surface area contributed by atoms with Gasteiger partial charge in [-0.1, -0.05) is 25.7 Å². The maximum Gasteiger partial charge on any atom is 0.232 e. The first kappa shape index (κ1) is 22.0. The Hall–Kier alpha value is -1.67. The number of hydrogen-bond donors (Lipinski definition) is 2. The first-order valence-electron chi connectivity index (χ1n) is 11.2. The van der Waals surface area contributed by atoms with E-state index in [0.717, 1.165) is 57.4 Å². The third kappa shape index (κ3) is 7.26. The van der Waals surface area contributed by atoms with Gasteiger partial charge in [-0.2, -0.15) is 9.97 Å². The number of nitrogens with one attached hydrogen (secondary N) is 2. The Labute approximate surface area is 180 Å². The van der Waals surface area contributed by atoms with Crippen molar-refractivity contribution in [2.75, 3.05) is 61.6 Å². The van der Waals surface area contributed by atoms with Crippen LogP contribution in [0.15, 0.2) is 6.07 Å². The highest BCUT2D eigenvalue weighted by atomic mass is 32.1. The molecule has 2 aliphatic heterocycles. The topological polar surface area (TPSA) is 65.6 Å². The minimum absolute atomic E-state index is 0.566. The van der Waals surface area contributed by atoms with E-state index in [-0.39, 0.29) is 0 Å². The van der Waals surface area contributed by atoms with Crippen LogP contribution in [0.5, 0.6) is 0 Å². The normalized spacial score (nSPS) is 18.1. The predicted octanol–water partition coefficient (Wildman–Crippen LogP) is 3.56. The van der Waals surface area contributed by atoms with E-state index in [4.69, 9.17) is 26.9 Å². The van der Waals surface area contributed by atoms with Crippen LogP contribution in [-0.4, -0.2) is 61.5 Å². The highest BCUT2D eigenvalue weighted by Gasteiger charge is 2.18. The van der Waals surface area contributed by atoms with Crippen molar-refractivity contribution in [2.24, 2.45) is 0 Å². The molecule has 0 radical (unpaired) electrons. The fraction of sp³-hybridized carbons (Fsp3) is 0.762. The highest BCUT2D eigenvalue weighted by molar-refractivity contribution is 7.80. The average Bonchev–Trinajstić information content (AvgIpc) is 3.16. The van der Waals surface area contributed by atoms with Gasteiger partial charge in [-0.05, 0) is 44.3 Å². The predicted molar refractivity (Wildman–Crippen MR) is 124 cm³/mol. The van der Waals surface area contributed by atoms with Crippen molar-refractivity contribution < 1.29 is 4.74 Å². The van der Waals surface area contributed by atoms with Crippen LogP contribution >= 0.6 is 12.2 Å². The van der Waals surface area contributed by atoms with Gasteiger partial charge in [0.15, 0.2) is 5.11 Å². The largest absolute Gasteiger partial charge is 0.385 e. The molecule has 1 aromatic rings. The Morgan fingerprint density at radius 3 is 1.93 bits per heavy atom. The molecule has 2 saturated heterocycles. The molecule has 2 fully saturated rings. The highest BCUT2D eigenvalue weighted by Crippen LogP contribution is 2.25. The van der Waals surface area contributed by atoms with Crippen LogP contribution in [0.2, 0.25) is 0 Å². The van der Waals surface area contributed by atoms with Crippen LogP contribution in [0, 0.1) is 0 Å². The zero-order chi connectivity index (χ0) is 20.3. The molecule has 3 heterocycles. The first-order valence-corrected chi connectivity index (χ1v) is 11.6. The lowest BCUT2D eigenvalue weighted by Gasteiger charge is -2.26. The molecule has 0 aromatic carbocycles. The number of nitrogens with zero attached hydrogens (tertiary/aromatic N) is 4. The van der Waals surface area contributed by atoms with E-state index in [1.165, 1.54) is 51.4 Å². The van der Waals surface area contributed by atoms with Crippen LogP contribution in [0.1, 0.15) is 57.8 Å². The number of ether oxygens (including phenoxy) is 1. The van der Waals surface area contributed by atoms with E-state index in [2.05, 4.69) is 26.5 Å². The van der Waals surface area contributed by atoms with Crippen molar-refractivity contribution in [1.82, 2.24) is 15.3 Å². The molecule has 0 amide bonds. The molecule has 0 atom stereocenters. The van der Waals surface area contributed by atoms with Crippen molar-refractivity contribution in [3.8, 4) is 0 Å². The van der Waals surface area contributed by atoms with E-state index >= 15 is 0 Å². The van der Waals surface area contributed by atoms with Crippen molar-refractivity contribution in [2.45, 2.75) is 57.8 Å². The van der Waals surface area contributed by atoms with Gasteiger partial charge in [0.1, 0.15) is 11.6 Å². The third-order valence-electron chi connectivity index (χ3n) is 5.60. The minimum Gasteiger partial charge on any atom is -0.385 e. The van der Waals surface area contributed by atoms with E-state index in [1.54, 1.807) is 7.11 Å². The molecule has 1 aromatic heterocycles. The molecule has 8 heteroatoms. The Morgan fingerprint density at radius 1 is 0.931 bits per heavy atom. The molecule has 0 aliphatic carbocycles. The van der Waals surface area contributed by atoms with Gasteiger partial charge < -0.3 is 25.2 Å². The number of rotatable bonds is 7. The van der Waals surface area contributed by atoms with Crippen LogP contribution in [0.4, 0.5) is 17.6 Å². The van der Waals surface area contributed by atoms with Crippen molar-refractivity contribution >= 4 is 34.9 Å². The number of anilines is 3. The van der Waals surface area contributed by atoms with Gasteiger partial charge in [-0.3, -0.25) is 0 Å². The molecule has 0 spiro atoms. The fourth-order valence-corrected chi connectivity index (χ4v) is 4.16. The summed E-state index contributed by atoms with van der Waals surface area (Å²) in [5, 5.41) is 7.00. The number of methoxy groups -OCH3 is 1. The monoisotopic (exact) mass is 420 g/mol. The summed E-state index contributed by atoms with van der Waals surface area (Å²) in [4.78, 5) is 14.5. The van der Waals surface area contributed by atoms with Gasteiger partial charge in [0.05, 0.1) is 0 Å². The number of hydrogen-bond acceptors (Lipinski definition) is 6. The maximum atomic E-state index is 5.46. The summed E-state index contributed by atoms with van der Waals surface area (Å²) < 4.78 is 5.09. The quantitative estimate of drug-likeness (QED) is 0.513. The van der Waals surface area contributed by atoms with Gasteiger partial charge in [-0.15, -0.1) is 0 Å². The third-order valence-corrected chi connectivity index (χ3v) is 5.84. The number of thiocarbonyl (C=S) groups is 1. The molecule has 0 saturated carbocycles. The van der Waals surface area contributed by atoms with Gasteiger partial charge in [0.25, 0.3) is 0 Å². The van der Waals surface area contributed by atoms with Gasteiger partial charge >= 0.3 is 0 Å². The van der Waals surface area contributed by atoms with Gasteiger partial charge in [-0.25, -0.2) is 0 Å². The number of aromatic nitrogens is 2. The molecular weight excluding hydrogens is 384 g/mol. The Morgan fingerprint density at radius 2 is 1.45 bits per heavy atom. The molecule has 0 bridgehead atoms. The molecule has 2 aliphatic rings. The average molecular weight is 421 g/mol. The lowest BCUT2D eigenvalue weighted by atomic mass is 10.2. The summed E-state index contributed by atoms with van der Waals surface area (Å²) in [6.45, 7) is 5.75. The molecule has 2 N–H and O–H groups in total. The molecule has 29 heavy (non-hydrogen) atoms. The van der Waals surface area contributed by atoms with Gasteiger partial charge in [0, 0.05) is 52.5 Å². The molecule has 3 rings (SSSR count). The van der Waals surface area contributed by atoms with E-state index < -0.39 is 0 Å². The van der Waals surface area contributed by atoms with Crippen LogP contribution in [0.25, 0.3) is 0 Å². The van der Waals surface area contributed by atoms with Crippen molar-refractivity contribution in [3.63, 3.8) is 0 Å². The SMILES string of the molecule is COCCCNC(=S)Nc1nc(N2CCCCCC2)cc(N2CCCCCC2)n1. The zero-order valence-electron chi connectivity index (χ0n) is 17.8. The van der Waals surface area contributed by atoms with Crippen LogP contribution < -0.4 is 20.4 Å². The summed E-state index contributed by atoms with van der Waals surface area (Å²) in [6, 6.07) is 2.18. The summed E-state index contributed by atoms with van der Waals surface area (Å²) in [5.41, 5.74) is 0. The summed E-state index contributed by atoms with van der Waals surface area (Å²) in [5.74, 6) is 2.63. The van der Waals surface area contributed by atoms with E-state index in [1.807, 2.05) is 0 Å². The lowest BCUT2D eigenvalue weighted by molar-refractivity contribution is 0.196. The van der Waals surface area contributed by atoms with Crippen LogP contribution in [-0.2, 0) is 4.74 Å².